The van der Waals surface area contributed by atoms with Crippen molar-refractivity contribution in [1.82, 2.24) is 13.6 Å². The number of anilines is 1. The van der Waals surface area contributed by atoms with Gasteiger partial charge in [0.25, 0.3) is 15.9 Å². The van der Waals surface area contributed by atoms with Crippen molar-refractivity contribution in [3.05, 3.63) is 40.7 Å². The van der Waals surface area contributed by atoms with Gasteiger partial charge in [-0.15, -0.1) is 0 Å². The van der Waals surface area contributed by atoms with Crippen LogP contribution in [-0.2, 0) is 10.2 Å². The predicted molar refractivity (Wildman–Crippen MR) is 111 cm³/mol. The van der Waals surface area contributed by atoms with Gasteiger partial charge in [-0.05, 0) is 30.9 Å². The number of piperidine rings is 1. The van der Waals surface area contributed by atoms with Gasteiger partial charge in [-0.2, -0.15) is 17.0 Å². The summed E-state index contributed by atoms with van der Waals surface area (Å²) in [6, 6.07) is 5.02. The van der Waals surface area contributed by atoms with Crippen LogP contribution in [0, 0.1) is 16.0 Å². The molecule has 156 valence electrons. The van der Waals surface area contributed by atoms with Crippen molar-refractivity contribution in [2.24, 2.45) is 5.92 Å². The van der Waals surface area contributed by atoms with E-state index in [1.54, 1.807) is 26.9 Å². The van der Waals surface area contributed by atoms with Gasteiger partial charge in [0.1, 0.15) is 0 Å². The molecule has 2 aliphatic rings. The summed E-state index contributed by atoms with van der Waals surface area (Å²) in [7, 11) is -3.44. The number of benzene rings is 1. The summed E-state index contributed by atoms with van der Waals surface area (Å²) in [4.78, 5) is 17.0. The van der Waals surface area contributed by atoms with Gasteiger partial charge in [0, 0.05) is 68.8 Å². The Morgan fingerprint density at radius 3 is 2.52 bits per heavy atom. The molecule has 10 heteroatoms. The van der Waals surface area contributed by atoms with Crippen molar-refractivity contribution in [3.63, 3.8) is 0 Å². The smallest absolute Gasteiger partial charge is 0.282 e. The highest BCUT2D eigenvalue weighted by molar-refractivity contribution is 7.86. The number of fused-ring (bicyclic) bond motifs is 1. The van der Waals surface area contributed by atoms with Crippen LogP contribution in [-0.4, -0.2) is 66.2 Å². The van der Waals surface area contributed by atoms with E-state index in [1.165, 1.54) is 12.3 Å². The van der Waals surface area contributed by atoms with E-state index in [1.807, 2.05) is 0 Å². The average molecular weight is 420 g/mol. The normalized spacial score (nSPS) is 22.1. The molecule has 2 saturated heterocycles. The fourth-order valence-corrected chi connectivity index (χ4v) is 6.03. The van der Waals surface area contributed by atoms with Crippen molar-refractivity contribution in [1.29, 1.82) is 0 Å². The van der Waals surface area contributed by atoms with Crippen molar-refractivity contribution in [3.8, 4) is 0 Å². The Morgan fingerprint density at radius 1 is 1.07 bits per heavy atom. The van der Waals surface area contributed by atoms with Gasteiger partial charge in [0.05, 0.1) is 10.3 Å². The molecule has 2 aromatic rings. The van der Waals surface area contributed by atoms with Gasteiger partial charge in [-0.25, -0.2) is 0 Å². The lowest BCUT2D eigenvalue weighted by atomic mass is 10.0. The Labute approximate surface area is 170 Å². The Balaban J connectivity index is 1.53. The lowest BCUT2D eigenvalue weighted by Crippen LogP contribution is -2.54. The first-order valence-electron chi connectivity index (χ1n) is 9.89. The maximum absolute atomic E-state index is 13.0. The van der Waals surface area contributed by atoms with Crippen molar-refractivity contribution in [2.75, 3.05) is 44.2 Å². The Kier molecular flexibility index (Phi) is 5.41. The number of pyridine rings is 1. The van der Waals surface area contributed by atoms with Crippen LogP contribution in [0.25, 0.3) is 10.8 Å². The summed E-state index contributed by atoms with van der Waals surface area (Å²) in [5.41, 5.74) is 0.897. The van der Waals surface area contributed by atoms with E-state index >= 15 is 0 Å². The van der Waals surface area contributed by atoms with Crippen LogP contribution >= 0.6 is 0 Å². The van der Waals surface area contributed by atoms with Gasteiger partial charge in [-0.3, -0.25) is 15.1 Å². The van der Waals surface area contributed by atoms with Gasteiger partial charge in [0.2, 0.25) is 0 Å². The summed E-state index contributed by atoms with van der Waals surface area (Å²) in [6.07, 6.45) is 5.11. The fraction of sp³-hybridized carbons (Fsp3) is 0.526. The third-order valence-corrected chi connectivity index (χ3v) is 7.82. The summed E-state index contributed by atoms with van der Waals surface area (Å²) in [6.45, 7) is 5.15. The van der Waals surface area contributed by atoms with Crippen LogP contribution in [0.2, 0.25) is 0 Å². The van der Waals surface area contributed by atoms with E-state index in [-0.39, 0.29) is 5.69 Å². The molecule has 2 fully saturated rings. The van der Waals surface area contributed by atoms with E-state index < -0.39 is 15.1 Å². The van der Waals surface area contributed by atoms with Gasteiger partial charge in [0.15, 0.2) is 0 Å². The molecular weight excluding hydrogens is 394 g/mol. The van der Waals surface area contributed by atoms with Crippen molar-refractivity contribution < 1.29 is 13.3 Å². The fourth-order valence-electron chi connectivity index (χ4n) is 4.27. The monoisotopic (exact) mass is 419 g/mol. The lowest BCUT2D eigenvalue weighted by molar-refractivity contribution is -0.383. The molecule has 3 heterocycles. The topological polar surface area (TPSA) is 99.9 Å². The number of non-ortho nitro benzene ring substituents is 1. The van der Waals surface area contributed by atoms with Crippen LogP contribution in [0.3, 0.4) is 0 Å². The molecule has 2 aliphatic heterocycles. The first-order valence-corrected chi connectivity index (χ1v) is 11.3. The van der Waals surface area contributed by atoms with Gasteiger partial charge in [-0.1, -0.05) is 6.92 Å². The second kappa shape index (κ2) is 7.85. The second-order valence-electron chi connectivity index (χ2n) is 7.78. The molecule has 1 aromatic heterocycles. The molecule has 0 amide bonds. The SMILES string of the molecule is C[C@@H]1CCCN(S(=O)(=O)N2CCN(c3ccc([N+](=O)[O-])c4cnccc34)CC2)C1. The summed E-state index contributed by atoms with van der Waals surface area (Å²) in [5, 5.41) is 12.6. The number of nitro groups is 1. The van der Waals surface area contributed by atoms with Crippen LogP contribution < -0.4 is 4.90 Å². The molecule has 0 unspecified atom stereocenters. The minimum atomic E-state index is -3.44. The average Bonchev–Trinajstić information content (AvgIpc) is 2.73. The first kappa shape index (κ1) is 20.0. The van der Waals surface area contributed by atoms with Crippen LogP contribution in [0.4, 0.5) is 11.4 Å². The third kappa shape index (κ3) is 3.79. The Hall–Kier alpha value is -2.30. The van der Waals surface area contributed by atoms with Gasteiger partial charge >= 0.3 is 0 Å². The van der Waals surface area contributed by atoms with Crippen molar-refractivity contribution in [2.45, 2.75) is 19.8 Å². The molecule has 0 saturated carbocycles. The standard InChI is InChI=1S/C19H25N5O4S/c1-15-3-2-8-23(14-15)29(27,28)22-11-9-21(10-12-22)18-4-5-19(24(25)26)17-13-20-7-6-16(17)18/h4-7,13,15H,2-3,8-12,14H2,1H3/t15-/m1/s1. The zero-order chi connectivity index (χ0) is 20.6. The van der Waals surface area contributed by atoms with E-state index in [0.717, 1.165) is 23.9 Å². The first-order chi connectivity index (χ1) is 13.9. The zero-order valence-electron chi connectivity index (χ0n) is 16.4. The molecule has 0 spiro atoms. The largest absolute Gasteiger partial charge is 0.368 e. The molecule has 0 bridgehead atoms. The number of hydrogen-bond acceptors (Lipinski definition) is 6. The maximum atomic E-state index is 13.0. The molecular formula is C19H25N5O4S. The minimum absolute atomic E-state index is 0.0253. The van der Waals surface area contributed by atoms with E-state index in [0.29, 0.717) is 50.6 Å². The molecule has 0 aliphatic carbocycles. The summed E-state index contributed by atoms with van der Waals surface area (Å²) in [5.74, 6) is 0.389. The molecule has 1 aromatic carbocycles. The number of rotatable bonds is 4. The Morgan fingerprint density at radius 2 is 1.83 bits per heavy atom. The highest BCUT2D eigenvalue weighted by Crippen LogP contribution is 2.33. The van der Waals surface area contributed by atoms with Crippen molar-refractivity contribution >= 4 is 32.4 Å². The quantitative estimate of drug-likeness (QED) is 0.557. The number of nitro benzene ring substituents is 1. The zero-order valence-corrected chi connectivity index (χ0v) is 17.2. The van der Waals surface area contributed by atoms with Crippen LogP contribution in [0.1, 0.15) is 19.8 Å². The second-order valence-corrected chi connectivity index (χ2v) is 9.71. The molecule has 29 heavy (non-hydrogen) atoms. The van der Waals surface area contributed by atoms with Crippen LogP contribution in [0.15, 0.2) is 30.6 Å². The molecule has 1 atom stereocenters. The summed E-state index contributed by atoms with van der Waals surface area (Å²) >= 11 is 0. The number of aromatic nitrogens is 1. The number of piperazine rings is 1. The minimum Gasteiger partial charge on any atom is -0.368 e. The Bertz CT molecular complexity index is 1020. The van der Waals surface area contributed by atoms with E-state index in [4.69, 9.17) is 0 Å². The predicted octanol–water partition coefficient (Wildman–Crippen LogP) is 2.24. The third-order valence-electron chi connectivity index (χ3n) is 5.82. The molecule has 4 rings (SSSR count). The number of hydrogen-bond donors (Lipinski definition) is 0. The number of nitrogens with zero attached hydrogens (tertiary/aromatic N) is 5. The van der Waals surface area contributed by atoms with Gasteiger partial charge < -0.3 is 4.90 Å². The highest BCUT2D eigenvalue weighted by atomic mass is 32.2. The summed E-state index contributed by atoms with van der Waals surface area (Å²) < 4.78 is 29.2. The highest BCUT2D eigenvalue weighted by Gasteiger charge is 2.34. The lowest BCUT2D eigenvalue weighted by Gasteiger charge is -2.39. The van der Waals surface area contributed by atoms with E-state index in [2.05, 4.69) is 16.8 Å². The van der Waals surface area contributed by atoms with Crippen LogP contribution in [0.5, 0.6) is 0 Å². The maximum Gasteiger partial charge on any atom is 0.282 e. The molecule has 0 radical (unpaired) electrons. The van der Waals surface area contributed by atoms with E-state index in [9.17, 15) is 18.5 Å². The molecule has 9 nitrogen and oxygen atoms in total. The molecule has 0 N–H and O–H groups in total.